The molecule has 0 spiro atoms. The third kappa shape index (κ3) is 4.92. The van der Waals surface area contributed by atoms with Crippen LogP contribution >= 0.6 is 0 Å². The Morgan fingerprint density at radius 3 is 2.47 bits per heavy atom. The molecule has 0 saturated heterocycles. The monoisotopic (exact) mass is 273 g/mol. The molecule has 0 aliphatic heterocycles. The number of aliphatic hydroxyl groups excluding tert-OH is 1. The van der Waals surface area contributed by atoms with Gasteiger partial charge in [0, 0.05) is 19.2 Å². The quantitative estimate of drug-likeness (QED) is 0.819. The van der Waals surface area contributed by atoms with Crippen molar-refractivity contribution in [2.45, 2.75) is 13.0 Å². The van der Waals surface area contributed by atoms with Gasteiger partial charge in [0.1, 0.15) is 0 Å². The normalized spacial score (nSPS) is 10.8. The Balaban J connectivity index is 2.77. The Labute approximate surface area is 110 Å². The number of aliphatic hydroxyl groups is 1. The second-order valence-electron chi connectivity index (χ2n) is 4.00. The Kier molecular flexibility index (Phi) is 6.38. The SMILES string of the molecule is COCc1ccc(C(=O)N(CCO)CC(F)F)cc1. The molecule has 1 aromatic carbocycles. The minimum Gasteiger partial charge on any atom is -0.395 e. The predicted octanol–water partition coefficient (Wildman–Crippen LogP) is 1.53. The lowest BCUT2D eigenvalue weighted by atomic mass is 10.1. The summed E-state index contributed by atoms with van der Waals surface area (Å²) in [7, 11) is 1.56. The molecule has 0 bridgehead atoms. The van der Waals surface area contributed by atoms with Crippen molar-refractivity contribution in [2.24, 2.45) is 0 Å². The first kappa shape index (κ1) is 15.5. The van der Waals surface area contributed by atoms with Gasteiger partial charge in [0.25, 0.3) is 12.3 Å². The molecule has 0 saturated carbocycles. The first-order valence-electron chi connectivity index (χ1n) is 5.84. The van der Waals surface area contributed by atoms with Gasteiger partial charge in [0.2, 0.25) is 0 Å². The fourth-order valence-corrected chi connectivity index (χ4v) is 1.66. The van der Waals surface area contributed by atoms with Crippen molar-refractivity contribution in [1.29, 1.82) is 0 Å². The molecular formula is C13H17F2NO3. The number of hydrogen-bond acceptors (Lipinski definition) is 3. The highest BCUT2D eigenvalue weighted by atomic mass is 19.3. The third-order valence-corrected chi connectivity index (χ3v) is 2.53. The van der Waals surface area contributed by atoms with Crippen molar-refractivity contribution in [3.8, 4) is 0 Å². The zero-order valence-electron chi connectivity index (χ0n) is 10.7. The van der Waals surface area contributed by atoms with E-state index in [-0.39, 0.29) is 13.2 Å². The van der Waals surface area contributed by atoms with E-state index in [9.17, 15) is 13.6 Å². The number of carbonyl (C=O) groups excluding carboxylic acids is 1. The minimum atomic E-state index is -2.62. The molecular weight excluding hydrogens is 256 g/mol. The standard InChI is InChI=1S/C13H17F2NO3/c1-19-9-10-2-4-11(5-3-10)13(18)16(6-7-17)8-12(14)15/h2-5,12,17H,6-9H2,1H3. The van der Waals surface area contributed by atoms with Gasteiger partial charge in [-0.05, 0) is 17.7 Å². The first-order chi connectivity index (χ1) is 9.08. The van der Waals surface area contributed by atoms with Crippen molar-refractivity contribution in [1.82, 2.24) is 4.90 Å². The van der Waals surface area contributed by atoms with Crippen LogP contribution in [0.2, 0.25) is 0 Å². The van der Waals surface area contributed by atoms with Crippen LogP contribution in [0.25, 0.3) is 0 Å². The Morgan fingerprint density at radius 2 is 2.00 bits per heavy atom. The summed E-state index contributed by atoms with van der Waals surface area (Å²) in [5.74, 6) is -0.515. The summed E-state index contributed by atoms with van der Waals surface area (Å²) in [5.41, 5.74) is 1.20. The van der Waals surface area contributed by atoms with Crippen LogP contribution in [0.15, 0.2) is 24.3 Å². The summed E-state index contributed by atoms with van der Waals surface area (Å²) in [6, 6.07) is 6.53. The highest BCUT2D eigenvalue weighted by molar-refractivity contribution is 5.94. The highest BCUT2D eigenvalue weighted by Gasteiger charge is 2.19. The van der Waals surface area contributed by atoms with Gasteiger partial charge in [-0.15, -0.1) is 0 Å². The molecule has 0 aliphatic carbocycles. The first-order valence-corrected chi connectivity index (χ1v) is 5.84. The highest BCUT2D eigenvalue weighted by Crippen LogP contribution is 2.10. The van der Waals surface area contributed by atoms with Gasteiger partial charge in [0.15, 0.2) is 0 Å². The van der Waals surface area contributed by atoms with E-state index in [1.807, 2.05) is 0 Å². The fourth-order valence-electron chi connectivity index (χ4n) is 1.66. The molecule has 0 radical (unpaired) electrons. The minimum absolute atomic E-state index is 0.108. The lowest BCUT2D eigenvalue weighted by Crippen LogP contribution is -2.37. The van der Waals surface area contributed by atoms with Crippen LogP contribution in [-0.2, 0) is 11.3 Å². The number of alkyl halides is 2. The van der Waals surface area contributed by atoms with Crippen molar-refractivity contribution >= 4 is 5.91 Å². The molecule has 4 nitrogen and oxygen atoms in total. The van der Waals surface area contributed by atoms with E-state index in [4.69, 9.17) is 9.84 Å². The lowest BCUT2D eigenvalue weighted by molar-refractivity contribution is 0.0509. The van der Waals surface area contributed by atoms with Crippen molar-refractivity contribution in [2.75, 3.05) is 26.8 Å². The van der Waals surface area contributed by atoms with Crippen molar-refractivity contribution in [3.63, 3.8) is 0 Å². The predicted molar refractivity (Wildman–Crippen MR) is 66.1 cm³/mol. The molecule has 1 N–H and O–H groups in total. The largest absolute Gasteiger partial charge is 0.395 e. The van der Waals surface area contributed by atoms with Crippen LogP contribution in [0.4, 0.5) is 8.78 Å². The molecule has 0 fully saturated rings. The van der Waals surface area contributed by atoms with Crippen molar-refractivity contribution < 1.29 is 23.4 Å². The second-order valence-corrected chi connectivity index (χ2v) is 4.00. The average Bonchev–Trinajstić information content (AvgIpc) is 2.38. The number of methoxy groups -OCH3 is 1. The smallest absolute Gasteiger partial charge is 0.255 e. The molecule has 0 atom stereocenters. The number of benzene rings is 1. The average molecular weight is 273 g/mol. The topological polar surface area (TPSA) is 49.8 Å². The molecule has 1 amide bonds. The summed E-state index contributed by atoms with van der Waals surface area (Å²) >= 11 is 0. The Hall–Kier alpha value is -1.53. The zero-order valence-corrected chi connectivity index (χ0v) is 10.7. The van der Waals surface area contributed by atoms with Gasteiger partial charge < -0.3 is 14.7 Å². The van der Waals surface area contributed by atoms with E-state index in [1.165, 1.54) is 0 Å². The number of ether oxygens (including phenoxy) is 1. The van der Waals surface area contributed by atoms with Crippen LogP contribution in [0.1, 0.15) is 15.9 Å². The maximum atomic E-state index is 12.4. The lowest BCUT2D eigenvalue weighted by Gasteiger charge is -2.21. The van der Waals surface area contributed by atoms with E-state index >= 15 is 0 Å². The molecule has 1 aromatic rings. The molecule has 0 aromatic heterocycles. The number of amides is 1. The maximum Gasteiger partial charge on any atom is 0.255 e. The van der Waals surface area contributed by atoms with Gasteiger partial charge in [-0.3, -0.25) is 4.79 Å². The molecule has 6 heteroatoms. The number of nitrogens with zero attached hydrogens (tertiary/aromatic N) is 1. The van der Waals surface area contributed by atoms with Gasteiger partial charge >= 0.3 is 0 Å². The van der Waals surface area contributed by atoms with E-state index in [0.29, 0.717) is 12.2 Å². The summed E-state index contributed by atoms with van der Waals surface area (Å²) in [5, 5.41) is 8.80. The number of hydrogen-bond donors (Lipinski definition) is 1. The summed E-state index contributed by atoms with van der Waals surface area (Å²) in [6.45, 7) is -0.714. The molecule has 1 rings (SSSR count). The van der Waals surface area contributed by atoms with Gasteiger partial charge in [-0.2, -0.15) is 0 Å². The van der Waals surface area contributed by atoms with Crippen LogP contribution in [0.3, 0.4) is 0 Å². The summed E-state index contributed by atoms with van der Waals surface area (Å²) in [4.78, 5) is 12.9. The molecule has 106 valence electrons. The Morgan fingerprint density at radius 1 is 1.37 bits per heavy atom. The van der Waals surface area contributed by atoms with Crippen LogP contribution in [-0.4, -0.2) is 49.1 Å². The van der Waals surface area contributed by atoms with E-state index in [1.54, 1.807) is 31.4 Å². The molecule has 19 heavy (non-hydrogen) atoms. The molecule has 0 unspecified atom stereocenters. The second kappa shape index (κ2) is 7.81. The van der Waals surface area contributed by atoms with E-state index in [2.05, 4.69) is 0 Å². The number of carbonyl (C=O) groups is 1. The summed E-state index contributed by atoms with van der Waals surface area (Å²) < 4.78 is 29.7. The third-order valence-electron chi connectivity index (χ3n) is 2.53. The Bertz CT molecular complexity index is 395. The number of rotatable bonds is 7. The van der Waals surface area contributed by atoms with Gasteiger partial charge in [-0.1, -0.05) is 12.1 Å². The van der Waals surface area contributed by atoms with Crippen LogP contribution in [0.5, 0.6) is 0 Å². The summed E-state index contributed by atoms with van der Waals surface area (Å²) in [6.07, 6.45) is -2.62. The molecule has 0 aliphatic rings. The van der Waals surface area contributed by atoms with E-state index < -0.39 is 18.9 Å². The van der Waals surface area contributed by atoms with E-state index in [0.717, 1.165) is 10.5 Å². The van der Waals surface area contributed by atoms with Gasteiger partial charge in [-0.25, -0.2) is 8.78 Å². The molecule has 0 heterocycles. The number of halogens is 2. The maximum absolute atomic E-state index is 12.4. The van der Waals surface area contributed by atoms with Crippen LogP contribution < -0.4 is 0 Å². The fraction of sp³-hybridized carbons (Fsp3) is 0.462. The van der Waals surface area contributed by atoms with Crippen LogP contribution in [0, 0.1) is 0 Å². The zero-order chi connectivity index (χ0) is 14.3. The van der Waals surface area contributed by atoms with Crippen molar-refractivity contribution in [3.05, 3.63) is 35.4 Å². The van der Waals surface area contributed by atoms with Gasteiger partial charge in [0.05, 0.1) is 19.8 Å².